The first-order chi connectivity index (χ1) is 15.0. The molecule has 0 spiro atoms. The molecule has 7 heteroatoms. The molecule has 1 atom stereocenters. The molecule has 3 rings (SSSR count). The van der Waals surface area contributed by atoms with Crippen LogP contribution in [0.15, 0.2) is 48.5 Å². The van der Waals surface area contributed by atoms with Gasteiger partial charge in [-0.2, -0.15) is 0 Å². The van der Waals surface area contributed by atoms with Crippen molar-refractivity contribution in [3.05, 3.63) is 70.5 Å². The maximum atomic E-state index is 13.7. The minimum atomic E-state index is -0.956. The third-order valence-electron chi connectivity index (χ3n) is 5.25. The number of carboxylic acid groups (broad SMARTS) is 1. The molecule has 2 aromatic rings. The van der Waals surface area contributed by atoms with Gasteiger partial charge in [0, 0.05) is 32.7 Å². The van der Waals surface area contributed by atoms with Gasteiger partial charge in [-0.05, 0) is 54.3 Å². The van der Waals surface area contributed by atoms with Crippen LogP contribution in [0.1, 0.15) is 24.5 Å². The maximum absolute atomic E-state index is 13.7. The zero-order chi connectivity index (χ0) is 22.2. The van der Waals surface area contributed by atoms with Crippen LogP contribution in [-0.4, -0.2) is 54.9 Å². The second kappa shape index (κ2) is 11.3. The summed E-state index contributed by atoms with van der Waals surface area (Å²) in [7, 11) is 0. The summed E-state index contributed by atoms with van der Waals surface area (Å²) in [5.41, 5.74) is 2.91. The van der Waals surface area contributed by atoms with E-state index in [1.807, 2.05) is 30.3 Å². The number of carbonyl (C=O) groups is 1. The molecule has 0 bridgehead atoms. The molecule has 0 amide bonds. The van der Waals surface area contributed by atoms with E-state index in [1.165, 1.54) is 6.07 Å². The van der Waals surface area contributed by atoms with E-state index in [1.54, 1.807) is 13.0 Å². The zero-order valence-corrected chi connectivity index (χ0v) is 18.3. The fourth-order valence-electron chi connectivity index (χ4n) is 3.52. The molecule has 0 fully saturated rings. The Morgan fingerprint density at radius 1 is 1.26 bits per heavy atom. The van der Waals surface area contributed by atoms with E-state index in [0.29, 0.717) is 19.6 Å². The smallest absolute Gasteiger partial charge is 0.333 e. The van der Waals surface area contributed by atoms with E-state index in [4.69, 9.17) is 21.1 Å². The number of halogens is 2. The molecular weight excluding hydrogens is 421 g/mol. The van der Waals surface area contributed by atoms with E-state index in [2.05, 4.69) is 11.0 Å². The monoisotopic (exact) mass is 447 g/mol. The fourth-order valence-corrected chi connectivity index (χ4v) is 3.64. The molecule has 1 unspecified atom stereocenters. The first kappa shape index (κ1) is 23.3. The van der Waals surface area contributed by atoms with Gasteiger partial charge in [0.05, 0.1) is 5.02 Å². The second-order valence-corrected chi connectivity index (χ2v) is 7.79. The van der Waals surface area contributed by atoms with Gasteiger partial charge in [-0.1, -0.05) is 35.9 Å². The van der Waals surface area contributed by atoms with Crippen LogP contribution in [0.3, 0.4) is 0 Å². The Labute approximate surface area is 187 Å². The van der Waals surface area contributed by atoms with Gasteiger partial charge in [-0.25, -0.2) is 9.18 Å². The molecule has 0 saturated heterocycles. The molecule has 0 aliphatic carbocycles. The third kappa shape index (κ3) is 6.79. The number of ether oxygens (including phenoxy) is 2. The van der Waals surface area contributed by atoms with E-state index in [9.17, 15) is 14.3 Å². The van der Waals surface area contributed by atoms with Crippen molar-refractivity contribution in [2.24, 2.45) is 0 Å². The van der Waals surface area contributed by atoms with E-state index >= 15 is 0 Å². The van der Waals surface area contributed by atoms with Crippen molar-refractivity contribution in [3.8, 4) is 5.75 Å². The second-order valence-electron chi connectivity index (χ2n) is 7.39. The van der Waals surface area contributed by atoms with Crippen molar-refractivity contribution in [3.63, 3.8) is 0 Å². The van der Waals surface area contributed by atoms with Gasteiger partial charge in [-0.3, -0.25) is 4.90 Å². The van der Waals surface area contributed by atoms with Gasteiger partial charge in [0.25, 0.3) is 0 Å². The van der Waals surface area contributed by atoms with Crippen LogP contribution in [0.25, 0.3) is 5.57 Å². The largest absolute Gasteiger partial charge is 0.492 e. The van der Waals surface area contributed by atoms with Crippen LogP contribution < -0.4 is 4.74 Å². The SMILES string of the molecule is CCOC(Cc1ccc(OCCN2CC=C(c3ccc(Cl)c(F)c3)CC2)cc1)C(=O)O. The predicted molar refractivity (Wildman–Crippen MR) is 119 cm³/mol. The zero-order valence-electron chi connectivity index (χ0n) is 17.5. The van der Waals surface area contributed by atoms with Gasteiger partial charge >= 0.3 is 5.97 Å². The third-order valence-corrected chi connectivity index (χ3v) is 5.55. The van der Waals surface area contributed by atoms with Crippen LogP contribution in [-0.2, 0) is 16.0 Å². The summed E-state index contributed by atoms with van der Waals surface area (Å²) in [5, 5.41) is 9.33. The van der Waals surface area contributed by atoms with Gasteiger partial charge in [0.15, 0.2) is 6.10 Å². The Morgan fingerprint density at radius 3 is 2.65 bits per heavy atom. The standard InChI is InChI=1S/C24H27ClFNO4/c1-2-30-23(24(28)29)15-17-3-6-20(7-4-17)31-14-13-27-11-9-18(10-12-27)19-5-8-21(25)22(26)16-19/h3-9,16,23H,2,10-15H2,1H3,(H,28,29). The highest BCUT2D eigenvalue weighted by molar-refractivity contribution is 6.30. The number of benzene rings is 2. The van der Waals surface area contributed by atoms with Gasteiger partial charge in [-0.15, -0.1) is 0 Å². The summed E-state index contributed by atoms with van der Waals surface area (Å²) in [6.45, 7) is 5.15. The van der Waals surface area contributed by atoms with Crippen LogP contribution in [0.4, 0.5) is 4.39 Å². The number of hydrogen-bond donors (Lipinski definition) is 1. The highest BCUT2D eigenvalue weighted by atomic mass is 35.5. The minimum Gasteiger partial charge on any atom is -0.492 e. The minimum absolute atomic E-state index is 0.142. The Kier molecular flexibility index (Phi) is 8.46. The molecular formula is C24H27ClFNO4. The Bertz CT molecular complexity index is 916. The molecule has 1 N–H and O–H groups in total. The molecule has 2 aromatic carbocycles. The van der Waals surface area contributed by atoms with Gasteiger partial charge in [0.1, 0.15) is 18.2 Å². The lowest BCUT2D eigenvalue weighted by Gasteiger charge is -2.26. The lowest BCUT2D eigenvalue weighted by atomic mass is 9.99. The number of hydrogen-bond acceptors (Lipinski definition) is 4. The molecule has 31 heavy (non-hydrogen) atoms. The lowest BCUT2D eigenvalue weighted by Crippen LogP contribution is -2.32. The van der Waals surface area contributed by atoms with Crippen LogP contribution in [0, 0.1) is 5.82 Å². The van der Waals surface area contributed by atoms with Crippen molar-refractivity contribution in [2.75, 3.05) is 32.8 Å². The molecule has 0 radical (unpaired) electrons. The average Bonchev–Trinajstić information content (AvgIpc) is 2.77. The van der Waals surface area contributed by atoms with E-state index in [0.717, 1.165) is 48.5 Å². The molecule has 1 heterocycles. The molecule has 166 valence electrons. The van der Waals surface area contributed by atoms with Gasteiger partial charge in [0.2, 0.25) is 0 Å². The molecule has 1 aliphatic heterocycles. The summed E-state index contributed by atoms with van der Waals surface area (Å²) < 4.78 is 24.8. The topological polar surface area (TPSA) is 59.0 Å². The van der Waals surface area contributed by atoms with Crippen molar-refractivity contribution in [2.45, 2.75) is 25.9 Å². The molecule has 0 aromatic heterocycles. The van der Waals surface area contributed by atoms with Crippen LogP contribution in [0.5, 0.6) is 5.75 Å². The van der Waals surface area contributed by atoms with Crippen molar-refractivity contribution in [1.29, 1.82) is 0 Å². The van der Waals surface area contributed by atoms with Crippen LogP contribution in [0.2, 0.25) is 5.02 Å². The van der Waals surface area contributed by atoms with E-state index < -0.39 is 17.9 Å². The maximum Gasteiger partial charge on any atom is 0.333 e. The van der Waals surface area contributed by atoms with E-state index in [-0.39, 0.29) is 5.02 Å². The highest BCUT2D eigenvalue weighted by Crippen LogP contribution is 2.25. The summed E-state index contributed by atoms with van der Waals surface area (Å²) in [6, 6.07) is 12.4. The first-order valence-corrected chi connectivity index (χ1v) is 10.8. The van der Waals surface area contributed by atoms with Crippen molar-refractivity contribution < 1.29 is 23.8 Å². The lowest BCUT2D eigenvalue weighted by molar-refractivity contribution is -0.149. The summed E-state index contributed by atoms with van der Waals surface area (Å²) in [6.07, 6.45) is 2.46. The highest BCUT2D eigenvalue weighted by Gasteiger charge is 2.18. The number of rotatable bonds is 10. The van der Waals surface area contributed by atoms with Crippen LogP contribution >= 0.6 is 11.6 Å². The predicted octanol–water partition coefficient (Wildman–Crippen LogP) is 4.68. The quantitative estimate of drug-likeness (QED) is 0.573. The normalized spacial score (nSPS) is 15.4. The molecule has 1 aliphatic rings. The molecule has 5 nitrogen and oxygen atoms in total. The first-order valence-electron chi connectivity index (χ1n) is 10.4. The summed E-state index contributed by atoms with van der Waals surface area (Å²) in [4.78, 5) is 13.5. The fraction of sp³-hybridized carbons (Fsp3) is 0.375. The summed E-state index contributed by atoms with van der Waals surface area (Å²) in [5.74, 6) is -0.600. The Hall–Kier alpha value is -2.41. The Morgan fingerprint density at radius 2 is 2.03 bits per heavy atom. The molecule has 0 saturated carbocycles. The number of aliphatic carboxylic acids is 1. The summed E-state index contributed by atoms with van der Waals surface area (Å²) >= 11 is 5.76. The Balaban J connectivity index is 1.44. The number of nitrogens with zero attached hydrogens (tertiary/aromatic N) is 1. The number of carboxylic acids is 1. The van der Waals surface area contributed by atoms with Crippen molar-refractivity contribution in [1.82, 2.24) is 4.90 Å². The van der Waals surface area contributed by atoms with Gasteiger partial charge < -0.3 is 14.6 Å². The average molecular weight is 448 g/mol. The van der Waals surface area contributed by atoms with Crippen molar-refractivity contribution >= 4 is 23.1 Å².